The highest BCUT2D eigenvalue weighted by atomic mass is 14.9. The summed E-state index contributed by atoms with van der Waals surface area (Å²) in [6.45, 7) is 0. The van der Waals surface area contributed by atoms with E-state index in [0.717, 1.165) is 33.5 Å². The summed E-state index contributed by atoms with van der Waals surface area (Å²) in [6, 6.07) is 97.3. The Kier molecular flexibility index (Phi) is 9.47. The number of fused-ring (bicyclic) bond motifs is 8. The van der Waals surface area contributed by atoms with Crippen LogP contribution in [-0.4, -0.2) is 9.97 Å². The van der Waals surface area contributed by atoms with E-state index >= 15 is 0 Å². The van der Waals surface area contributed by atoms with Gasteiger partial charge in [0.1, 0.15) is 0 Å². The van der Waals surface area contributed by atoms with Gasteiger partial charge in [-0.05, 0) is 111 Å². The first-order chi connectivity index (χ1) is 35.2. The van der Waals surface area contributed by atoms with Gasteiger partial charge in [0.2, 0.25) is 0 Å². The molecule has 12 aromatic carbocycles. The lowest BCUT2D eigenvalue weighted by atomic mass is 9.67. The largest absolute Gasteiger partial charge is 0.228 e. The molecule has 14 rings (SSSR count). The van der Waals surface area contributed by atoms with E-state index in [1.165, 1.54) is 93.3 Å². The molecule has 0 bridgehead atoms. The Bertz CT molecular complexity index is 4160. The van der Waals surface area contributed by atoms with Gasteiger partial charge in [-0.3, -0.25) is 0 Å². The normalized spacial score (nSPS) is 12.6. The van der Waals surface area contributed by atoms with Crippen molar-refractivity contribution < 1.29 is 0 Å². The topological polar surface area (TPSA) is 25.8 Å². The van der Waals surface area contributed by atoms with Crippen molar-refractivity contribution in [1.82, 2.24) is 9.97 Å². The molecular weight excluding hydrogens is 857 g/mol. The summed E-state index contributed by atoms with van der Waals surface area (Å²) in [4.78, 5) is 10.9. The Morgan fingerprint density at radius 3 is 1.48 bits per heavy atom. The lowest BCUT2D eigenvalue weighted by Crippen LogP contribution is -2.28. The van der Waals surface area contributed by atoms with Crippen molar-refractivity contribution in [2.75, 3.05) is 0 Å². The summed E-state index contributed by atoms with van der Waals surface area (Å²) in [5, 5.41) is 9.74. The first-order valence-electron chi connectivity index (χ1n) is 24.5. The van der Waals surface area contributed by atoms with Crippen molar-refractivity contribution in [1.29, 1.82) is 0 Å². The molecule has 1 aliphatic carbocycles. The molecule has 0 aliphatic heterocycles. The minimum atomic E-state index is -0.533. The third kappa shape index (κ3) is 6.35. The van der Waals surface area contributed by atoms with Gasteiger partial charge in [-0.25, -0.2) is 9.97 Å². The molecule has 13 aromatic rings. The van der Waals surface area contributed by atoms with Crippen LogP contribution in [0.25, 0.3) is 110 Å². The van der Waals surface area contributed by atoms with Gasteiger partial charge in [0, 0.05) is 16.7 Å². The maximum absolute atomic E-state index is 5.45. The van der Waals surface area contributed by atoms with E-state index in [0.29, 0.717) is 5.82 Å². The zero-order valence-electron chi connectivity index (χ0n) is 38.8. The molecule has 0 spiro atoms. The van der Waals surface area contributed by atoms with Crippen molar-refractivity contribution >= 4 is 43.1 Å². The van der Waals surface area contributed by atoms with E-state index < -0.39 is 5.41 Å². The zero-order valence-corrected chi connectivity index (χ0v) is 38.8. The summed E-state index contributed by atoms with van der Waals surface area (Å²) >= 11 is 0. The summed E-state index contributed by atoms with van der Waals surface area (Å²) in [7, 11) is 0. The summed E-state index contributed by atoms with van der Waals surface area (Å²) in [5.41, 5.74) is 16.7. The van der Waals surface area contributed by atoms with Crippen molar-refractivity contribution in [3.05, 3.63) is 289 Å². The molecule has 2 nitrogen and oxygen atoms in total. The van der Waals surface area contributed by atoms with Crippen LogP contribution in [0.2, 0.25) is 0 Å². The van der Waals surface area contributed by atoms with E-state index in [4.69, 9.17) is 9.97 Å². The smallest absolute Gasteiger partial charge is 0.160 e. The molecule has 1 heterocycles. The van der Waals surface area contributed by atoms with E-state index in [9.17, 15) is 0 Å². The van der Waals surface area contributed by atoms with Crippen molar-refractivity contribution in [2.24, 2.45) is 0 Å². The molecule has 71 heavy (non-hydrogen) atoms. The molecule has 0 unspecified atom stereocenters. The van der Waals surface area contributed by atoms with Gasteiger partial charge >= 0.3 is 0 Å². The van der Waals surface area contributed by atoms with Crippen molar-refractivity contribution in [3.63, 3.8) is 0 Å². The highest BCUT2D eigenvalue weighted by molar-refractivity contribution is 6.29. The molecule has 0 amide bonds. The lowest BCUT2D eigenvalue weighted by molar-refractivity contribution is 0.768. The fraction of sp³-hybridized carbons (Fsp3) is 0.0145. The lowest BCUT2D eigenvalue weighted by Gasteiger charge is -2.34. The Morgan fingerprint density at radius 1 is 0.268 bits per heavy atom. The Morgan fingerprint density at radius 2 is 0.775 bits per heavy atom. The molecule has 1 aromatic heterocycles. The second-order valence-corrected chi connectivity index (χ2v) is 18.7. The fourth-order valence-corrected chi connectivity index (χ4v) is 11.9. The molecule has 0 radical (unpaired) electrons. The van der Waals surface area contributed by atoms with E-state index in [1.807, 2.05) is 6.07 Å². The van der Waals surface area contributed by atoms with Gasteiger partial charge in [0.05, 0.1) is 16.8 Å². The third-order valence-electron chi connectivity index (χ3n) is 15.0. The van der Waals surface area contributed by atoms with Crippen LogP contribution in [0.15, 0.2) is 267 Å². The highest BCUT2D eigenvalue weighted by Crippen LogP contribution is 2.57. The standard InChI is InChI=1S/C69H44N2/c1-5-22-46(23-6-1)65-57-34-17-18-35-58(57)66(60-40-37-45-21-13-14-30-51(45)67(60)65)59-42-41-56(52-31-15-16-32-53(52)59)64-44-63(70-68(71-64)47-24-7-2-8-25-47)48-38-39-55-54-33-19-20-36-61(54)69(62(55)43-48,49-26-9-3-10-27-49)50-28-11-4-12-29-50/h1-44H. The van der Waals surface area contributed by atoms with Crippen LogP contribution in [0, 0.1) is 0 Å². The quantitative estimate of drug-likeness (QED) is 0.118. The minimum Gasteiger partial charge on any atom is -0.228 e. The second kappa shape index (κ2) is 16.5. The number of hydrogen-bond acceptors (Lipinski definition) is 2. The molecule has 0 N–H and O–H groups in total. The predicted octanol–water partition coefficient (Wildman–Crippen LogP) is 17.8. The van der Waals surface area contributed by atoms with E-state index in [1.54, 1.807) is 0 Å². The number of hydrogen-bond donors (Lipinski definition) is 0. The van der Waals surface area contributed by atoms with Crippen LogP contribution in [0.1, 0.15) is 22.3 Å². The number of benzene rings is 12. The fourth-order valence-electron chi connectivity index (χ4n) is 11.9. The summed E-state index contributed by atoms with van der Waals surface area (Å²) < 4.78 is 0. The number of nitrogens with zero attached hydrogens (tertiary/aromatic N) is 2. The van der Waals surface area contributed by atoms with Gasteiger partial charge in [-0.1, -0.05) is 255 Å². The SMILES string of the molecule is c1ccc(-c2nc(-c3ccc4c(c3)C(c3ccccc3)(c3ccccc3)c3ccccc3-4)cc(-c3ccc(-c4c5ccccc5c(-c5ccccc5)c5c4ccc4ccccc45)c4ccccc34)n2)cc1. The molecular formula is C69H44N2. The van der Waals surface area contributed by atoms with Crippen molar-refractivity contribution in [2.45, 2.75) is 5.41 Å². The van der Waals surface area contributed by atoms with Crippen LogP contribution in [-0.2, 0) is 5.41 Å². The van der Waals surface area contributed by atoms with Gasteiger partial charge in [0.25, 0.3) is 0 Å². The maximum Gasteiger partial charge on any atom is 0.160 e. The van der Waals surface area contributed by atoms with Crippen LogP contribution in [0.4, 0.5) is 0 Å². The predicted molar refractivity (Wildman–Crippen MR) is 297 cm³/mol. The minimum absolute atomic E-state index is 0.533. The van der Waals surface area contributed by atoms with Crippen LogP contribution in [0.5, 0.6) is 0 Å². The third-order valence-corrected chi connectivity index (χ3v) is 15.0. The number of rotatable bonds is 7. The summed E-state index contributed by atoms with van der Waals surface area (Å²) in [5.74, 6) is 0.688. The average Bonchev–Trinajstić information content (AvgIpc) is 3.75. The Labute approximate surface area is 412 Å². The molecule has 0 saturated heterocycles. The molecule has 0 atom stereocenters. The Hall–Kier alpha value is -9.24. The molecule has 330 valence electrons. The van der Waals surface area contributed by atoms with Gasteiger partial charge in [-0.2, -0.15) is 0 Å². The molecule has 0 saturated carbocycles. The van der Waals surface area contributed by atoms with Crippen LogP contribution in [0.3, 0.4) is 0 Å². The molecule has 2 heteroatoms. The summed E-state index contributed by atoms with van der Waals surface area (Å²) in [6.07, 6.45) is 0. The van der Waals surface area contributed by atoms with Gasteiger partial charge in [-0.15, -0.1) is 0 Å². The number of aromatic nitrogens is 2. The van der Waals surface area contributed by atoms with Crippen LogP contribution >= 0.6 is 0 Å². The van der Waals surface area contributed by atoms with Gasteiger partial charge in [0.15, 0.2) is 5.82 Å². The first kappa shape index (κ1) is 40.8. The Balaban J connectivity index is 1.01. The average molecular weight is 901 g/mol. The second-order valence-electron chi connectivity index (χ2n) is 18.7. The van der Waals surface area contributed by atoms with Crippen molar-refractivity contribution in [3.8, 4) is 67.3 Å². The van der Waals surface area contributed by atoms with E-state index in [-0.39, 0.29) is 0 Å². The molecule has 0 fully saturated rings. The van der Waals surface area contributed by atoms with Crippen LogP contribution < -0.4 is 0 Å². The monoisotopic (exact) mass is 900 g/mol. The maximum atomic E-state index is 5.45. The zero-order chi connectivity index (χ0) is 46.9. The van der Waals surface area contributed by atoms with E-state index in [2.05, 4.69) is 261 Å². The van der Waals surface area contributed by atoms with Gasteiger partial charge < -0.3 is 0 Å². The molecule has 1 aliphatic rings. The first-order valence-corrected chi connectivity index (χ1v) is 24.5. The highest BCUT2D eigenvalue weighted by Gasteiger charge is 2.46.